The fourth-order valence-corrected chi connectivity index (χ4v) is 2.97. The monoisotopic (exact) mass is 334 g/mol. The van der Waals surface area contributed by atoms with Gasteiger partial charge in [0.15, 0.2) is 0 Å². The molecule has 6 nitrogen and oxygen atoms in total. The third-order valence-electron chi connectivity index (χ3n) is 4.20. The lowest BCUT2D eigenvalue weighted by molar-refractivity contribution is -0.115. The lowest BCUT2D eigenvalue weighted by Gasteiger charge is -2.21. The van der Waals surface area contributed by atoms with Crippen molar-refractivity contribution in [2.45, 2.75) is 19.9 Å². The molecule has 0 bridgehead atoms. The molecule has 2 aromatic carbocycles. The van der Waals surface area contributed by atoms with Crippen molar-refractivity contribution >= 4 is 17.3 Å². The first kappa shape index (κ1) is 15.4. The minimum atomic E-state index is 0.0147. The third kappa shape index (κ3) is 3.24. The Morgan fingerprint density at radius 3 is 2.96 bits per heavy atom. The molecule has 1 aliphatic rings. The fourth-order valence-electron chi connectivity index (χ4n) is 2.97. The topological polar surface area (TPSA) is 71.3 Å². The zero-order valence-electron chi connectivity index (χ0n) is 13.9. The molecule has 0 fully saturated rings. The molecule has 0 aliphatic carbocycles. The Hall–Kier alpha value is -3.15. The van der Waals surface area contributed by atoms with Crippen molar-refractivity contribution in [1.29, 1.82) is 0 Å². The van der Waals surface area contributed by atoms with Crippen LogP contribution in [0.2, 0.25) is 0 Å². The number of aryl methyl sites for hydroxylation is 1. The SMILES string of the molecule is Cc1cccc(-c2noc(CN3CCC(=O)Nc4ccccc43)n2)c1. The van der Waals surface area contributed by atoms with Crippen LogP contribution in [0.15, 0.2) is 53.1 Å². The number of amides is 1. The van der Waals surface area contributed by atoms with Crippen LogP contribution in [0.3, 0.4) is 0 Å². The molecule has 126 valence electrons. The van der Waals surface area contributed by atoms with Gasteiger partial charge >= 0.3 is 0 Å². The quantitative estimate of drug-likeness (QED) is 0.795. The maximum Gasteiger partial charge on any atom is 0.246 e. The molecule has 1 N–H and O–H groups in total. The average Bonchev–Trinajstić information content (AvgIpc) is 3.01. The molecule has 25 heavy (non-hydrogen) atoms. The van der Waals surface area contributed by atoms with Crippen molar-refractivity contribution in [1.82, 2.24) is 10.1 Å². The van der Waals surface area contributed by atoms with Crippen molar-refractivity contribution < 1.29 is 9.32 Å². The van der Waals surface area contributed by atoms with Crippen LogP contribution in [0, 0.1) is 6.92 Å². The van der Waals surface area contributed by atoms with Crippen LogP contribution in [0.1, 0.15) is 17.9 Å². The summed E-state index contributed by atoms with van der Waals surface area (Å²) in [6.07, 6.45) is 0.424. The number of nitrogens with zero attached hydrogens (tertiary/aromatic N) is 3. The van der Waals surface area contributed by atoms with E-state index in [1.807, 2.05) is 55.5 Å². The molecule has 1 amide bonds. The van der Waals surface area contributed by atoms with Gasteiger partial charge in [0, 0.05) is 18.5 Å². The van der Waals surface area contributed by atoms with E-state index in [0.717, 1.165) is 22.5 Å². The van der Waals surface area contributed by atoms with E-state index in [2.05, 4.69) is 20.4 Å². The van der Waals surface area contributed by atoms with Crippen molar-refractivity contribution in [2.75, 3.05) is 16.8 Å². The van der Waals surface area contributed by atoms with E-state index >= 15 is 0 Å². The Kier molecular flexibility index (Phi) is 3.93. The lowest BCUT2D eigenvalue weighted by Crippen LogP contribution is -2.24. The van der Waals surface area contributed by atoms with E-state index in [-0.39, 0.29) is 5.91 Å². The van der Waals surface area contributed by atoms with Gasteiger partial charge in [-0.25, -0.2) is 0 Å². The Morgan fingerprint density at radius 2 is 2.08 bits per heavy atom. The Labute approximate surface area is 145 Å². The summed E-state index contributed by atoms with van der Waals surface area (Å²) in [6, 6.07) is 15.7. The molecule has 0 saturated carbocycles. The standard InChI is InChI=1S/C19H18N4O2/c1-13-5-4-6-14(11-13)19-21-18(25-22-19)12-23-10-9-17(24)20-15-7-2-3-8-16(15)23/h2-8,11H,9-10,12H2,1H3,(H,20,24). The summed E-state index contributed by atoms with van der Waals surface area (Å²) < 4.78 is 5.44. The molecule has 0 saturated heterocycles. The van der Waals surface area contributed by atoms with Gasteiger partial charge in [-0.15, -0.1) is 0 Å². The van der Waals surface area contributed by atoms with E-state index in [9.17, 15) is 4.79 Å². The molecule has 3 aromatic rings. The Morgan fingerprint density at radius 1 is 1.20 bits per heavy atom. The number of rotatable bonds is 3. The molecule has 0 spiro atoms. The van der Waals surface area contributed by atoms with Crippen molar-refractivity contribution in [3.63, 3.8) is 0 Å². The highest BCUT2D eigenvalue weighted by molar-refractivity contribution is 5.96. The van der Waals surface area contributed by atoms with Crippen LogP contribution in [0.25, 0.3) is 11.4 Å². The average molecular weight is 334 g/mol. The van der Waals surface area contributed by atoms with Crippen LogP contribution in [-0.4, -0.2) is 22.6 Å². The van der Waals surface area contributed by atoms with Gasteiger partial charge in [0.1, 0.15) is 0 Å². The number of carbonyl (C=O) groups excluding carboxylic acids is 1. The van der Waals surface area contributed by atoms with Crippen molar-refractivity contribution in [3.05, 3.63) is 60.0 Å². The van der Waals surface area contributed by atoms with Crippen LogP contribution in [-0.2, 0) is 11.3 Å². The first-order valence-electron chi connectivity index (χ1n) is 8.22. The number of hydrogen-bond donors (Lipinski definition) is 1. The fraction of sp³-hybridized carbons (Fsp3) is 0.211. The summed E-state index contributed by atoms with van der Waals surface area (Å²) in [5.74, 6) is 1.12. The minimum absolute atomic E-state index is 0.0147. The summed E-state index contributed by atoms with van der Waals surface area (Å²) in [5.41, 5.74) is 3.85. The number of carbonyl (C=O) groups is 1. The Bertz CT molecular complexity index is 919. The maximum absolute atomic E-state index is 11.9. The number of aromatic nitrogens is 2. The van der Waals surface area contributed by atoms with Crippen LogP contribution in [0.5, 0.6) is 0 Å². The molecule has 4 rings (SSSR count). The highest BCUT2D eigenvalue weighted by Gasteiger charge is 2.21. The normalized spacial score (nSPS) is 14.0. The molecule has 0 unspecified atom stereocenters. The van der Waals surface area contributed by atoms with Gasteiger partial charge in [0.2, 0.25) is 17.6 Å². The molecule has 1 aromatic heterocycles. The number of fused-ring (bicyclic) bond motifs is 1. The van der Waals surface area contributed by atoms with Gasteiger partial charge < -0.3 is 14.7 Å². The molecular weight excluding hydrogens is 316 g/mol. The van der Waals surface area contributed by atoms with Gasteiger partial charge in [-0.2, -0.15) is 4.98 Å². The number of anilines is 2. The van der Waals surface area contributed by atoms with E-state index < -0.39 is 0 Å². The lowest BCUT2D eigenvalue weighted by atomic mass is 10.1. The molecule has 6 heteroatoms. The highest BCUT2D eigenvalue weighted by atomic mass is 16.5. The molecule has 0 atom stereocenters. The largest absolute Gasteiger partial charge is 0.360 e. The van der Waals surface area contributed by atoms with Gasteiger partial charge in [-0.05, 0) is 25.1 Å². The van der Waals surface area contributed by atoms with Crippen molar-refractivity contribution in [3.8, 4) is 11.4 Å². The predicted molar refractivity (Wildman–Crippen MR) is 95.2 cm³/mol. The van der Waals surface area contributed by atoms with Gasteiger partial charge in [0.05, 0.1) is 17.9 Å². The van der Waals surface area contributed by atoms with Crippen LogP contribution in [0.4, 0.5) is 11.4 Å². The summed E-state index contributed by atoms with van der Waals surface area (Å²) in [6.45, 7) is 3.10. The van der Waals surface area contributed by atoms with Gasteiger partial charge in [-0.1, -0.05) is 41.1 Å². The van der Waals surface area contributed by atoms with E-state index in [1.54, 1.807) is 0 Å². The zero-order chi connectivity index (χ0) is 17.2. The van der Waals surface area contributed by atoms with Crippen LogP contribution >= 0.6 is 0 Å². The summed E-state index contributed by atoms with van der Waals surface area (Å²) in [5, 5.41) is 7.02. The summed E-state index contributed by atoms with van der Waals surface area (Å²) in [7, 11) is 0. The van der Waals surface area contributed by atoms with E-state index in [4.69, 9.17) is 4.52 Å². The van der Waals surface area contributed by atoms with E-state index in [1.165, 1.54) is 0 Å². The minimum Gasteiger partial charge on any atom is -0.360 e. The highest BCUT2D eigenvalue weighted by Crippen LogP contribution is 2.29. The summed E-state index contributed by atoms with van der Waals surface area (Å²) >= 11 is 0. The summed E-state index contributed by atoms with van der Waals surface area (Å²) in [4.78, 5) is 18.5. The maximum atomic E-state index is 11.9. The molecule has 1 aliphatic heterocycles. The first-order valence-corrected chi connectivity index (χ1v) is 8.22. The zero-order valence-corrected chi connectivity index (χ0v) is 13.9. The van der Waals surface area contributed by atoms with E-state index in [0.29, 0.717) is 31.2 Å². The number of nitrogens with one attached hydrogen (secondary N) is 1. The number of hydrogen-bond acceptors (Lipinski definition) is 5. The number of para-hydroxylation sites is 2. The predicted octanol–water partition coefficient (Wildman–Crippen LogP) is 3.39. The van der Waals surface area contributed by atoms with Crippen LogP contribution < -0.4 is 10.2 Å². The second kappa shape index (κ2) is 6.39. The second-order valence-electron chi connectivity index (χ2n) is 6.12. The van der Waals surface area contributed by atoms with Gasteiger partial charge in [0.25, 0.3) is 0 Å². The molecule has 0 radical (unpaired) electrons. The Balaban J connectivity index is 1.59. The second-order valence-corrected chi connectivity index (χ2v) is 6.12. The smallest absolute Gasteiger partial charge is 0.246 e. The number of benzene rings is 2. The molecular formula is C19H18N4O2. The third-order valence-corrected chi connectivity index (χ3v) is 4.20. The van der Waals surface area contributed by atoms with Gasteiger partial charge in [-0.3, -0.25) is 4.79 Å². The first-order chi connectivity index (χ1) is 12.2. The van der Waals surface area contributed by atoms with Crippen molar-refractivity contribution in [2.24, 2.45) is 0 Å². The molecule has 2 heterocycles.